The van der Waals surface area contributed by atoms with Gasteiger partial charge < -0.3 is 9.47 Å². The number of thioether (sulfide) groups is 1. The summed E-state index contributed by atoms with van der Waals surface area (Å²) in [7, 11) is 0. The van der Waals surface area contributed by atoms with E-state index in [4.69, 9.17) is 9.47 Å². The molecule has 22 heavy (non-hydrogen) atoms. The third-order valence-corrected chi connectivity index (χ3v) is 3.76. The number of benzene rings is 1. The molecule has 0 radical (unpaired) electrons. The van der Waals surface area contributed by atoms with Gasteiger partial charge in [0.1, 0.15) is 12.0 Å². The normalized spacial score (nSPS) is 10.2. The van der Waals surface area contributed by atoms with E-state index in [1.807, 2.05) is 6.26 Å². The molecule has 4 nitrogen and oxygen atoms in total. The first-order valence-corrected chi connectivity index (χ1v) is 8.98. The van der Waals surface area contributed by atoms with E-state index in [0.717, 1.165) is 43.5 Å². The fourth-order valence-corrected chi connectivity index (χ4v) is 2.25. The van der Waals surface area contributed by atoms with Crippen LogP contribution in [0.25, 0.3) is 0 Å². The van der Waals surface area contributed by atoms with E-state index in [9.17, 15) is 9.59 Å². The van der Waals surface area contributed by atoms with E-state index in [1.165, 1.54) is 0 Å². The summed E-state index contributed by atoms with van der Waals surface area (Å²) < 4.78 is 10.7. The zero-order valence-corrected chi connectivity index (χ0v) is 13.9. The lowest BCUT2D eigenvalue weighted by molar-refractivity contribution is -0.143. The monoisotopic (exact) mass is 324 g/mol. The number of ether oxygens (including phenoxy) is 2. The Bertz CT molecular complexity index is 431. The molecule has 5 heteroatoms. The van der Waals surface area contributed by atoms with E-state index in [-0.39, 0.29) is 5.97 Å². The first-order valence-electron chi connectivity index (χ1n) is 7.59. The number of esters is 1. The molecular weight excluding hydrogens is 300 g/mol. The zero-order chi connectivity index (χ0) is 16.0. The Labute approximate surface area is 136 Å². The van der Waals surface area contributed by atoms with Crippen LogP contribution in [0.2, 0.25) is 0 Å². The number of unbranched alkanes of at least 4 members (excludes halogenated alkanes) is 2. The van der Waals surface area contributed by atoms with Gasteiger partial charge >= 0.3 is 5.97 Å². The number of rotatable bonds is 12. The number of carbonyl (C=O) groups excluding carboxylic acids is 2. The highest BCUT2D eigenvalue weighted by molar-refractivity contribution is 7.98. The Hall–Kier alpha value is -1.49. The van der Waals surface area contributed by atoms with Gasteiger partial charge in [0.2, 0.25) is 0 Å². The lowest BCUT2D eigenvalue weighted by Crippen LogP contribution is -2.06. The third-order valence-electron chi connectivity index (χ3n) is 3.07. The highest BCUT2D eigenvalue weighted by Crippen LogP contribution is 2.12. The van der Waals surface area contributed by atoms with Crippen molar-refractivity contribution in [1.82, 2.24) is 0 Å². The number of carbonyl (C=O) groups is 2. The first kappa shape index (κ1) is 18.6. The summed E-state index contributed by atoms with van der Waals surface area (Å²) in [5.41, 5.74) is 0.642. The minimum Gasteiger partial charge on any atom is -0.494 e. The van der Waals surface area contributed by atoms with Gasteiger partial charge in [-0.25, -0.2) is 0 Å². The van der Waals surface area contributed by atoms with E-state index < -0.39 is 0 Å². The van der Waals surface area contributed by atoms with Gasteiger partial charge in [0.05, 0.1) is 13.2 Å². The quantitative estimate of drug-likeness (QED) is 0.333. The molecular formula is C17H24O4S. The number of hydrogen-bond donors (Lipinski definition) is 0. The Morgan fingerprint density at radius 3 is 2.55 bits per heavy atom. The molecule has 0 saturated heterocycles. The molecule has 0 aliphatic heterocycles. The van der Waals surface area contributed by atoms with Crippen molar-refractivity contribution in [1.29, 1.82) is 0 Å². The van der Waals surface area contributed by atoms with E-state index >= 15 is 0 Å². The molecule has 122 valence electrons. The zero-order valence-electron chi connectivity index (χ0n) is 13.1. The topological polar surface area (TPSA) is 52.6 Å². The minimum absolute atomic E-state index is 0.105. The summed E-state index contributed by atoms with van der Waals surface area (Å²) in [6.45, 7) is 1.14. The van der Waals surface area contributed by atoms with Gasteiger partial charge in [-0.3, -0.25) is 9.59 Å². The maximum Gasteiger partial charge on any atom is 0.305 e. The van der Waals surface area contributed by atoms with Crippen LogP contribution in [-0.4, -0.2) is 37.5 Å². The second-order valence-electron chi connectivity index (χ2n) is 4.91. The first-order chi connectivity index (χ1) is 10.8. The molecule has 0 heterocycles. The van der Waals surface area contributed by atoms with Crippen LogP contribution in [0.4, 0.5) is 0 Å². The van der Waals surface area contributed by atoms with Crippen LogP contribution in [-0.2, 0) is 9.53 Å². The van der Waals surface area contributed by atoms with Crippen LogP contribution >= 0.6 is 11.8 Å². The highest BCUT2D eigenvalue weighted by Gasteiger charge is 2.02. The summed E-state index contributed by atoms with van der Waals surface area (Å²) in [5, 5.41) is 0. The van der Waals surface area contributed by atoms with Crippen LogP contribution in [0.15, 0.2) is 24.3 Å². The lowest BCUT2D eigenvalue weighted by Gasteiger charge is -2.06. The molecule has 1 rings (SSSR count). The van der Waals surface area contributed by atoms with Crippen LogP contribution < -0.4 is 4.74 Å². The van der Waals surface area contributed by atoms with Crippen molar-refractivity contribution < 1.29 is 19.1 Å². The molecule has 0 fully saturated rings. The van der Waals surface area contributed by atoms with E-state index in [2.05, 4.69) is 0 Å². The largest absolute Gasteiger partial charge is 0.494 e. The number of hydrogen-bond acceptors (Lipinski definition) is 5. The molecule has 1 aromatic rings. The molecule has 0 saturated carbocycles. The van der Waals surface area contributed by atoms with Crippen molar-refractivity contribution in [2.24, 2.45) is 0 Å². The van der Waals surface area contributed by atoms with Crippen LogP contribution in [0.5, 0.6) is 5.75 Å². The molecule has 1 aromatic carbocycles. The Morgan fingerprint density at radius 2 is 1.86 bits per heavy atom. The molecule has 0 spiro atoms. The van der Waals surface area contributed by atoms with Crippen molar-refractivity contribution in [3.8, 4) is 5.75 Å². The molecule has 0 bridgehead atoms. The predicted octanol–water partition coefficient (Wildman–Crippen LogP) is 3.73. The second-order valence-corrected chi connectivity index (χ2v) is 5.90. The summed E-state index contributed by atoms with van der Waals surface area (Å²) in [6, 6.07) is 7.04. The van der Waals surface area contributed by atoms with Gasteiger partial charge in [0, 0.05) is 12.0 Å². The van der Waals surface area contributed by atoms with Gasteiger partial charge in [-0.2, -0.15) is 11.8 Å². The maximum absolute atomic E-state index is 11.4. The van der Waals surface area contributed by atoms with Crippen molar-refractivity contribution in [3.05, 3.63) is 29.8 Å². The summed E-state index contributed by atoms with van der Waals surface area (Å²) in [5.74, 6) is 1.68. The predicted molar refractivity (Wildman–Crippen MR) is 89.8 cm³/mol. The molecule has 0 aliphatic rings. The van der Waals surface area contributed by atoms with Crippen molar-refractivity contribution in [2.45, 2.75) is 32.1 Å². The summed E-state index contributed by atoms with van der Waals surface area (Å²) in [4.78, 5) is 22.0. The molecule has 0 unspecified atom stereocenters. The van der Waals surface area contributed by atoms with Crippen molar-refractivity contribution >= 4 is 24.0 Å². The SMILES string of the molecule is CSCCCOC(=O)CCCCCOc1ccc(C=O)cc1. The third kappa shape index (κ3) is 8.72. The average molecular weight is 324 g/mol. The van der Waals surface area contributed by atoms with Crippen LogP contribution in [0.1, 0.15) is 42.5 Å². The molecule has 0 N–H and O–H groups in total. The Kier molecular flexibility index (Phi) is 10.2. The summed E-state index contributed by atoms with van der Waals surface area (Å²) in [6.07, 6.45) is 6.91. The van der Waals surface area contributed by atoms with Gasteiger partial charge in [-0.05, 0) is 62.0 Å². The fourth-order valence-electron chi connectivity index (χ4n) is 1.84. The van der Waals surface area contributed by atoms with E-state index in [0.29, 0.717) is 25.2 Å². The molecule has 0 atom stereocenters. The van der Waals surface area contributed by atoms with Crippen molar-refractivity contribution in [3.63, 3.8) is 0 Å². The van der Waals surface area contributed by atoms with Crippen molar-refractivity contribution in [2.75, 3.05) is 25.2 Å². The van der Waals surface area contributed by atoms with Gasteiger partial charge in [-0.15, -0.1) is 0 Å². The van der Waals surface area contributed by atoms with Gasteiger partial charge in [-0.1, -0.05) is 0 Å². The standard InChI is InChI=1S/C17H24O4S/c1-22-13-5-12-21-17(19)6-3-2-4-11-20-16-9-7-15(14-18)8-10-16/h7-10,14H,2-6,11-13H2,1H3. The second kappa shape index (κ2) is 12.1. The molecule has 0 amide bonds. The highest BCUT2D eigenvalue weighted by atomic mass is 32.2. The average Bonchev–Trinajstić information content (AvgIpc) is 2.55. The molecule has 0 aliphatic carbocycles. The summed E-state index contributed by atoms with van der Waals surface area (Å²) >= 11 is 1.76. The lowest BCUT2D eigenvalue weighted by atomic mass is 10.2. The fraction of sp³-hybridized carbons (Fsp3) is 0.529. The maximum atomic E-state index is 11.4. The Balaban J connectivity index is 1.98. The van der Waals surface area contributed by atoms with E-state index in [1.54, 1.807) is 36.0 Å². The van der Waals surface area contributed by atoms with Gasteiger partial charge in [0.15, 0.2) is 0 Å². The number of aldehydes is 1. The van der Waals surface area contributed by atoms with Crippen LogP contribution in [0, 0.1) is 0 Å². The van der Waals surface area contributed by atoms with Crippen LogP contribution in [0.3, 0.4) is 0 Å². The smallest absolute Gasteiger partial charge is 0.305 e. The Morgan fingerprint density at radius 1 is 1.09 bits per heavy atom. The molecule has 0 aromatic heterocycles. The minimum atomic E-state index is -0.105. The van der Waals surface area contributed by atoms with Gasteiger partial charge in [0.25, 0.3) is 0 Å².